The summed E-state index contributed by atoms with van der Waals surface area (Å²) >= 11 is 0. The normalized spacial score (nSPS) is 12.9. The van der Waals surface area contributed by atoms with E-state index >= 15 is 0 Å². The predicted octanol–water partition coefficient (Wildman–Crippen LogP) is 1.62. The average Bonchev–Trinajstić information content (AvgIpc) is 2.36. The van der Waals surface area contributed by atoms with E-state index in [0.29, 0.717) is 5.56 Å². The Kier molecular flexibility index (Phi) is 4.08. The van der Waals surface area contributed by atoms with Crippen LogP contribution in [0.2, 0.25) is 0 Å². The van der Waals surface area contributed by atoms with E-state index in [1.165, 1.54) is 31.4 Å². The average molecular weight is 252 g/mol. The molecule has 0 aliphatic heterocycles. The Morgan fingerprint density at radius 2 is 1.72 bits per heavy atom. The number of aliphatic hydroxyl groups is 1. The van der Waals surface area contributed by atoms with Crippen molar-refractivity contribution in [3.8, 4) is 0 Å². The van der Waals surface area contributed by atoms with E-state index in [9.17, 15) is 14.7 Å². The number of carbonyl (C=O) groups is 2. The van der Waals surface area contributed by atoms with Crippen LogP contribution in [0.1, 0.15) is 35.9 Å². The van der Waals surface area contributed by atoms with Crippen molar-refractivity contribution in [2.45, 2.75) is 20.0 Å². The van der Waals surface area contributed by atoms with E-state index in [2.05, 4.69) is 4.74 Å². The number of aliphatic hydroxyl groups excluding tert-OH is 1. The quantitative estimate of drug-likeness (QED) is 0.795. The van der Waals surface area contributed by atoms with Gasteiger partial charge in [0.25, 0.3) is 0 Å². The monoisotopic (exact) mass is 252 g/mol. The molecule has 0 bridgehead atoms. The SMILES string of the molecule is COC(=O)C(C)(C)C(O)c1ccc(C(=O)O)cc1. The van der Waals surface area contributed by atoms with Crippen LogP contribution in [0.15, 0.2) is 24.3 Å². The Bertz CT molecular complexity index is 447. The number of rotatable bonds is 4. The number of benzene rings is 1. The lowest BCUT2D eigenvalue weighted by Gasteiger charge is -2.27. The van der Waals surface area contributed by atoms with E-state index < -0.39 is 23.5 Å². The van der Waals surface area contributed by atoms with Crippen LogP contribution in [-0.4, -0.2) is 29.3 Å². The summed E-state index contributed by atoms with van der Waals surface area (Å²) < 4.78 is 4.63. The Morgan fingerprint density at radius 3 is 2.11 bits per heavy atom. The van der Waals surface area contributed by atoms with Gasteiger partial charge in [0.15, 0.2) is 0 Å². The standard InChI is InChI=1S/C13H16O5/c1-13(2,12(17)18-3)10(14)8-4-6-9(7-5-8)11(15)16/h4-7,10,14H,1-3H3,(H,15,16). The molecule has 0 aromatic heterocycles. The van der Waals surface area contributed by atoms with Crippen molar-refractivity contribution in [3.63, 3.8) is 0 Å². The summed E-state index contributed by atoms with van der Waals surface area (Å²) in [6.07, 6.45) is -1.06. The smallest absolute Gasteiger partial charge is 0.335 e. The molecule has 0 radical (unpaired) electrons. The van der Waals surface area contributed by atoms with Crippen LogP contribution in [0.25, 0.3) is 0 Å². The highest BCUT2D eigenvalue weighted by Gasteiger charge is 2.37. The molecule has 1 unspecified atom stereocenters. The molecular weight excluding hydrogens is 236 g/mol. The maximum Gasteiger partial charge on any atom is 0.335 e. The third kappa shape index (κ3) is 2.68. The van der Waals surface area contributed by atoms with Gasteiger partial charge in [-0.3, -0.25) is 4.79 Å². The van der Waals surface area contributed by atoms with Gasteiger partial charge in [-0.15, -0.1) is 0 Å². The third-order valence-electron chi connectivity index (χ3n) is 2.87. The van der Waals surface area contributed by atoms with E-state index in [1.54, 1.807) is 13.8 Å². The van der Waals surface area contributed by atoms with Gasteiger partial charge in [-0.1, -0.05) is 12.1 Å². The highest BCUT2D eigenvalue weighted by Crippen LogP contribution is 2.34. The summed E-state index contributed by atoms with van der Waals surface area (Å²) in [5.41, 5.74) is -0.503. The van der Waals surface area contributed by atoms with Gasteiger partial charge < -0.3 is 14.9 Å². The fraction of sp³-hybridized carbons (Fsp3) is 0.385. The van der Waals surface area contributed by atoms with Crippen molar-refractivity contribution < 1.29 is 24.5 Å². The molecule has 0 aliphatic carbocycles. The zero-order chi connectivity index (χ0) is 13.9. The molecule has 0 saturated carbocycles. The van der Waals surface area contributed by atoms with E-state index in [-0.39, 0.29) is 5.56 Å². The number of aromatic carboxylic acids is 1. The van der Waals surface area contributed by atoms with Gasteiger partial charge in [0.1, 0.15) is 0 Å². The Labute approximate surface area is 105 Å². The third-order valence-corrected chi connectivity index (χ3v) is 2.87. The summed E-state index contributed by atoms with van der Waals surface area (Å²) in [6, 6.07) is 5.74. The number of esters is 1. The zero-order valence-electron chi connectivity index (χ0n) is 10.5. The number of carboxylic acids is 1. The largest absolute Gasteiger partial charge is 0.478 e. The second-order valence-electron chi connectivity index (χ2n) is 4.54. The van der Waals surface area contributed by atoms with Crippen molar-refractivity contribution in [2.75, 3.05) is 7.11 Å². The molecule has 0 aliphatic rings. The van der Waals surface area contributed by atoms with Crippen LogP contribution in [-0.2, 0) is 9.53 Å². The number of ether oxygens (including phenoxy) is 1. The van der Waals surface area contributed by atoms with E-state index in [4.69, 9.17) is 5.11 Å². The van der Waals surface area contributed by atoms with Gasteiger partial charge in [-0.05, 0) is 31.5 Å². The number of hydrogen-bond donors (Lipinski definition) is 2. The summed E-state index contributed by atoms with van der Waals surface area (Å²) in [6.45, 7) is 3.13. The molecule has 18 heavy (non-hydrogen) atoms. The first-order valence-electron chi connectivity index (χ1n) is 5.40. The van der Waals surface area contributed by atoms with Crippen LogP contribution in [0.4, 0.5) is 0 Å². The van der Waals surface area contributed by atoms with Crippen molar-refractivity contribution in [2.24, 2.45) is 5.41 Å². The van der Waals surface area contributed by atoms with Crippen LogP contribution in [0.3, 0.4) is 0 Å². The highest BCUT2D eigenvalue weighted by molar-refractivity contribution is 5.87. The second kappa shape index (κ2) is 5.18. The maximum absolute atomic E-state index is 11.5. The maximum atomic E-state index is 11.5. The minimum atomic E-state index is -1.10. The molecule has 1 aromatic rings. The molecule has 5 heteroatoms. The number of carbonyl (C=O) groups excluding carboxylic acids is 1. The summed E-state index contributed by atoms with van der Waals surface area (Å²) in [5, 5.41) is 18.9. The van der Waals surface area contributed by atoms with Crippen molar-refractivity contribution >= 4 is 11.9 Å². The molecule has 1 aromatic carbocycles. The van der Waals surface area contributed by atoms with E-state index in [0.717, 1.165) is 0 Å². The summed E-state index contributed by atoms with van der Waals surface area (Å²) in [5.74, 6) is -1.57. The molecule has 0 heterocycles. The predicted molar refractivity (Wildman–Crippen MR) is 64.2 cm³/mol. The van der Waals surface area contributed by atoms with Gasteiger partial charge in [-0.25, -0.2) is 4.79 Å². The second-order valence-corrected chi connectivity index (χ2v) is 4.54. The van der Waals surface area contributed by atoms with Crippen LogP contribution in [0, 0.1) is 5.41 Å². The number of methoxy groups -OCH3 is 1. The van der Waals surface area contributed by atoms with Crippen molar-refractivity contribution in [1.29, 1.82) is 0 Å². The van der Waals surface area contributed by atoms with Crippen LogP contribution < -0.4 is 0 Å². The minimum Gasteiger partial charge on any atom is -0.478 e. The fourth-order valence-electron chi connectivity index (χ4n) is 1.60. The van der Waals surface area contributed by atoms with Gasteiger partial charge >= 0.3 is 11.9 Å². The van der Waals surface area contributed by atoms with Crippen LogP contribution in [0.5, 0.6) is 0 Å². The first kappa shape index (κ1) is 14.2. The molecule has 98 valence electrons. The number of carboxylic acid groups (broad SMARTS) is 1. The lowest BCUT2D eigenvalue weighted by Crippen LogP contribution is -2.32. The molecule has 0 saturated heterocycles. The zero-order valence-corrected chi connectivity index (χ0v) is 10.5. The Morgan fingerprint density at radius 1 is 1.22 bits per heavy atom. The molecule has 0 fully saturated rings. The topological polar surface area (TPSA) is 83.8 Å². The Balaban J connectivity index is 3.00. The highest BCUT2D eigenvalue weighted by atomic mass is 16.5. The van der Waals surface area contributed by atoms with E-state index in [1.807, 2.05) is 0 Å². The van der Waals surface area contributed by atoms with Crippen molar-refractivity contribution in [1.82, 2.24) is 0 Å². The molecule has 1 rings (SSSR count). The van der Waals surface area contributed by atoms with Crippen LogP contribution >= 0.6 is 0 Å². The fourth-order valence-corrected chi connectivity index (χ4v) is 1.60. The molecule has 5 nitrogen and oxygen atoms in total. The lowest BCUT2D eigenvalue weighted by atomic mass is 9.82. The summed E-state index contributed by atoms with van der Waals surface area (Å²) in [4.78, 5) is 22.2. The lowest BCUT2D eigenvalue weighted by molar-refractivity contribution is -0.157. The molecule has 0 spiro atoms. The molecule has 2 N–H and O–H groups in total. The molecule has 1 atom stereocenters. The number of hydrogen-bond acceptors (Lipinski definition) is 4. The first-order chi connectivity index (χ1) is 8.30. The summed E-state index contributed by atoms with van der Waals surface area (Å²) in [7, 11) is 1.25. The molecular formula is C13H16O5. The van der Waals surface area contributed by atoms with Gasteiger partial charge in [0.2, 0.25) is 0 Å². The Hall–Kier alpha value is -1.88. The van der Waals surface area contributed by atoms with Crippen molar-refractivity contribution in [3.05, 3.63) is 35.4 Å². The minimum absolute atomic E-state index is 0.127. The first-order valence-corrected chi connectivity index (χ1v) is 5.40. The van der Waals surface area contributed by atoms with Gasteiger partial charge in [0.05, 0.1) is 24.2 Å². The molecule has 0 amide bonds. The van der Waals surface area contributed by atoms with Gasteiger partial charge in [-0.2, -0.15) is 0 Å². The van der Waals surface area contributed by atoms with Gasteiger partial charge in [0, 0.05) is 0 Å².